The summed E-state index contributed by atoms with van der Waals surface area (Å²) in [6.07, 6.45) is 0. The maximum Gasteiger partial charge on any atom is 0.197 e. The second-order valence-corrected chi connectivity index (χ2v) is 4.43. The predicted octanol–water partition coefficient (Wildman–Crippen LogP) is 3.92. The summed E-state index contributed by atoms with van der Waals surface area (Å²) in [5.41, 5.74) is -0.991. The van der Waals surface area contributed by atoms with Crippen molar-refractivity contribution < 1.29 is 17.6 Å². The molecule has 84 valence electrons. The number of alkyl halides is 1. The van der Waals surface area contributed by atoms with Crippen LogP contribution in [0.3, 0.4) is 0 Å². The van der Waals surface area contributed by atoms with Crippen LogP contribution in [0.25, 0.3) is 0 Å². The molecule has 0 aliphatic carbocycles. The van der Waals surface area contributed by atoms with E-state index in [-0.39, 0.29) is 5.56 Å². The fourth-order valence-electron chi connectivity index (χ4n) is 1.14. The highest BCUT2D eigenvalue weighted by Crippen LogP contribution is 2.30. The molecule has 5 heteroatoms. The average molecular weight is 285 g/mol. The average Bonchev–Trinajstić information content (AvgIpc) is 2.20. The van der Waals surface area contributed by atoms with Gasteiger partial charge in [0.05, 0.1) is 0 Å². The Hall–Kier alpha value is -0.580. The minimum absolute atomic E-state index is 0.184. The zero-order valence-corrected chi connectivity index (χ0v) is 9.76. The normalized spacial score (nSPS) is 11.9. The molecule has 0 aliphatic rings. The summed E-state index contributed by atoms with van der Waals surface area (Å²) in [6, 6.07) is 0.689. The summed E-state index contributed by atoms with van der Waals surface area (Å²) in [5, 5.41) is 0.307. The van der Waals surface area contributed by atoms with Crippen molar-refractivity contribution in [2.45, 2.75) is 19.3 Å². The minimum Gasteiger partial charge on any atom is -0.204 e. The molecule has 1 rings (SSSR count). The molecule has 1 aromatic rings. The first-order valence-electron chi connectivity index (χ1n) is 4.20. The number of hydrogen-bond donors (Lipinski definition) is 0. The van der Waals surface area contributed by atoms with E-state index in [0.29, 0.717) is 11.4 Å². The molecule has 0 unspecified atom stereocenters. The quantitative estimate of drug-likeness (QED) is 0.334. The van der Waals surface area contributed by atoms with Gasteiger partial charge in [0.15, 0.2) is 23.3 Å². The Labute approximate surface area is 93.4 Å². The van der Waals surface area contributed by atoms with E-state index in [1.165, 1.54) is 0 Å². The molecule has 1 aromatic carbocycles. The van der Waals surface area contributed by atoms with E-state index in [9.17, 15) is 17.6 Å². The van der Waals surface area contributed by atoms with Crippen LogP contribution in [0.1, 0.15) is 19.4 Å². The van der Waals surface area contributed by atoms with Crippen LogP contribution < -0.4 is 0 Å². The highest BCUT2D eigenvalue weighted by Gasteiger charge is 2.28. The number of halogens is 5. The fraction of sp³-hybridized carbons (Fsp3) is 0.400. The van der Waals surface area contributed by atoms with E-state index in [1.54, 1.807) is 13.8 Å². The van der Waals surface area contributed by atoms with Gasteiger partial charge in [0.25, 0.3) is 0 Å². The molecule has 0 saturated carbocycles. The number of hydrogen-bond acceptors (Lipinski definition) is 0. The molecule has 0 heterocycles. The second-order valence-electron chi connectivity index (χ2n) is 3.87. The zero-order valence-electron chi connectivity index (χ0n) is 8.17. The summed E-state index contributed by atoms with van der Waals surface area (Å²) in [5.74, 6) is -6.25. The third-order valence-corrected chi connectivity index (χ3v) is 3.57. The van der Waals surface area contributed by atoms with Gasteiger partial charge in [-0.05, 0) is 6.07 Å². The number of rotatable bonds is 2. The molecule has 0 aromatic heterocycles. The zero-order chi connectivity index (χ0) is 11.8. The third kappa shape index (κ3) is 2.17. The van der Waals surface area contributed by atoms with Gasteiger partial charge < -0.3 is 0 Å². The van der Waals surface area contributed by atoms with Gasteiger partial charge in [-0.15, -0.1) is 0 Å². The van der Waals surface area contributed by atoms with Crippen molar-refractivity contribution >= 4 is 15.9 Å². The maximum absolute atomic E-state index is 13.3. The van der Waals surface area contributed by atoms with Crippen LogP contribution in [0.15, 0.2) is 6.07 Å². The Morgan fingerprint density at radius 1 is 1.07 bits per heavy atom. The van der Waals surface area contributed by atoms with E-state index in [0.717, 1.165) is 0 Å². The highest BCUT2D eigenvalue weighted by molar-refractivity contribution is 9.09. The van der Waals surface area contributed by atoms with E-state index in [2.05, 4.69) is 15.9 Å². The predicted molar refractivity (Wildman–Crippen MR) is 53.1 cm³/mol. The molecule has 0 radical (unpaired) electrons. The molecule has 0 N–H and O–H groups in total. The van der Waals surface area contributed by atoms with Crippen LogP contribution in [-0.4, -0.2) is 5.33 Å². The lowest BCUT2D eigenvalue weighted by Crippen LogP contribution is -2.22. The van der Waals surface area contributed by atoms with Crippen LogP contribution >= 0.6 is 15.9 Å². The van der Waals surface area contributed by atoms with Gasteiger partial charge in [0.1, 0.15) is 0 Å². The highest BCUT2D eigenvalue weighted by atomic mass is 79.9. The summed E-state index contributed by atoms with van der Waals surface area (Å²) in [6.45, 7) is 3.19. The van der Waals surface area contributed by atoms with Crippen LogP contribution in [0.4, 0.5) is 17.6 Å². The lowest BCUT2D eigenvalue weighted by Gasteiger charge is -2.23. The number of benzene rings is 1. The molecule has 0 fully saturated rings. The SMILES string of the molecule is CC(C)(CBr)c1cc(F)c(F)c(F)c1F. The van der Waals surface area contributed by atoms with Crippen molar-refractivity contribution in [3.63, 3.8) is 0 Å². The molecular weight excluding hydrogens is 276 g/mol. The van der Waals surface area contributed by atoms with E-state index in [1.807, 2.05) is 0 Å². The Morgan fingerprint density at radius 2 is 1.60 bits per heavy atom. The topological polar surface area (TPSA) is 0 Å². The van der Waals surface area contributed by atoms with Crippen LogP contribution in [0.5, 0.6) is 0 Å². The summed E-state index contributed by atoms with van der Waals surface area (Å²) >= 11 is 3.10. The molecular formula is C10H9BrF4. The van der Waals surface area contributed by atoms with E-state index >= 15 is 0 Å². The Bertz CT molecular complexity index is 387. The minimum atomic E-state index is -1.78. The van der Waals surface area contributed by atoms with Crippen molar-refractivity contribution in [1.29, 1.82) is 0 Å². The van der Waals surface area contributed by atoms with Crippen molar-refractivity contribution in [3.8, 4) is 0 Å². The van der Waals surface area contributed by atoms with Crippen molar-refractivity contribution in [2.75, 3.05) is 5.33 Å². The van der Waals surface area contributed by atoms with Crippen LogP contribution in [-0.2, 0) is 5.41 Å². The fourth-order valence-corrected chi connectivity index (χ4v) is 1.44. The first-order chi connectivity index (χ1) is 6.81. The Kier molecular flexibility index (Phi) is 3.43. The standard InChI is InChI=1S/C10H9BrF4/c1-10(2,4-11)5-3-6(12)8(14)9(15)7(5)13/h3H,4H2,1-2H3. The van der Waals surface area contributed by atoms with Crippen molar-refractivity contribution in [1.82, 2.24) is 0 Å². The van der Waals surface area contributed by atoms with Gasteiger partial charge in [-0.25, -0.2) is 17.6 Å². The monoisotopic (exact) mass is 284 g/mol. The maximum atomic E-state index is 13.3. The molecule has 0 bridgehead atoms. The lowest BCUT2D eigenvalue weighted by atomic mass is 9.86. The van der Waals surface area contributed by atoms with E-state index < -0.39 is 28.7 Å². The Balaban J connectivity index is 3.45. The summed E-state index contributed by atoms with van der Waals surface area (Å²) < 4.78 is 51.8. The first-order valence-corrected chi connectivity index (χ1v) is 5.33. The smallest absolute Gasteiger partial charge is 0.197 e. The largest absolute Gasteiger partial charge is 0.204 e. The van der Waals surface area contributed by atoms with E-state index in [4.69, 9.17) is 0 Å². The molecule has 0 saturated heterocycles. The molecule has 0 atom stereocenters. The van der Waals surface area contributed by atoms with Gasteiger partial charge in [-0.3, -0.25) is 0 Å². The van der Waals surface area contributed by atoms with Gasteiger partial charge in [-0.1, -0.05) is 29.8 Å². The lowest BCUT2D eigenvalue weighted by molar-refractivity contribution is 0.392. The Morgan fingerprint density at radius 3 is 2.07 bits per heavy atom. The third-order valence-electron chi connectivity index (χ3n) is 2.17. The second kappa shape index (κ2) is 4.12. The summed E-state index contributed by atoms with van der Waals surface area (Å²) in [4.78, 5) is 0. The van der Waals surface area contributed by atoms with Crippen molar-refractivity contribution in [2.24, 2.45) is 0 Å². The van der Waals surface area contributed by atoms with Gasteiger partial charge in [-0.2, -0.15) is 0 Å². The summed E-state index contributed by atoms with van der Waals surface area (Å²) in [7, 11) is 0. The molecule has 15 heavy (non-hydrogen) atoms. The van der Waals surface area contributed by atoms with Gasteiger partial charge in [0.2, 0.25) is 0 Å². The van der Waals surface area contributed by atoms with Crippen LogP contribution in [0.2, 0.25) is 0 Å². The van der Waals surface area contributed by atoms with Gasteiger partial charge in [0, 0.05) is 16.3 Å². The molecule has 0 amide bonds. The van der Waals surface area contributed by atoms with Crippen molar-refractivity contribution in [3.05, 3.63) is 34.9 Å². The molecule has 0 spiro atoms. The van der Waals surface area contributed by atoms with Gasteiger partial charge >= 0.3 is 0 Å². The molecule has 0 nitrogen and oxygen atoms in total. The molecule has 0 aliphatic heterocycles. The first kappa shape index (κ1) is 12.5. The van der Waals surface area contributed by atoms with Crippen LogP contribution in [0, 0.1) is 23.3 Å².